The van der Waals surface area contributed by atoms with Crippen LogP contribution < -0.4 is 19.1 Å². The van der Waals surface area contributed by atoms with Gasteiger partial charge in [0.15, 0.2) is 0 Å². The Morgan fingerprint density at radius 1 is 1.06 bits per heavy atom. The van der Waals surface area contributed by atoms with Crippen LogP contribution in [0.4, 0.5) is 5.69 Å². The van der Waals surface area contributed by atoms with Crippen LogP contribution in [0.5, 0.6) is 11.5 Å². The van der Waals surface area contributed by atoms with E-state index in [0.29, 0.717) is 35.8 Å². The Kier molecular flexibility index (Phi) is 7.28. The predicted octanol–water partition coefficient (Wildman–Crippen LogP) is 3.21. The molecule has 0 aliphatic carbocycles. The molecule has 4 rings (SSSR count). The van der Waals surface area contributed by atoms with Crippen molar-refractivity contribution in [2.75, 3.05) is 44.7 Å². The van der Waals surface area contributed by atoms with Gasteiger partial charge in [0.1, 0.15) is 11.5 Å². The lowest BCUT2D eigenvalue weighted by molar-refractivity contribution is -0.131. The lowest BCUT2D eigenvalue weighted by atomic mass is 9.92. The van der Waals surface area contributed by atoms with Crippen molar-refractivity contribution >= 4 is 21.6 Å². The van der Waals surface area contributed by atoms with Crippen molar-refractivity contribution in [3.8, 4) is 11.5 Å². The Morgan fingerprint density at radius 2 is 1.83 bits per heavy atom. The third-order valence-corrected chi connectivity index (χ3v) is 9.40. The molecular formula is C26H35N3O5S. The van der Waals surface area contributed by atoms with Crippen molar-refractivity contribution in [2.24, 2.45) is 0 Å². The maximum Gasteiger partial charge on any atom is 0.264 e. The molecule has 0 radical (unpaired) electrons. The number of fused-ring (bicyclic) bond motifs is 1. The quantitative estimate of drug-likeness (QED) is 0.654. The van der Waals surface area contributed by atoms with Gasteiger partial charge in [-0.2, -0.15) is 0 Å². The summed E-state index contributed by atoms with van der Waals surface area (Å²) in [7, 11) is -0.737. The molecule has 0 spiro atoms. The molecule has 2 aromatic carbocycles. The first-order valence-electron chi connectivity index (χ1n) is 12.1. The molecule has 1 fully saturated rings. The van der Waals surface area contributed by atoms with Gasteiger partial charge < -0.3 is 19.7 Å². The molecule has 2 aliphatic heterocycles. The number of anilines is 1. The maximum absolute atomic E-state index is 14.1. The van der Waals surface area contributed by atoms with Gasteiger partial charge in [0.05, 0.1) is 30.8 Å². The van der Waals surface area contributed by atoms with Crippen LogP contribution in [0, 0.1) is 13.8 Å². The van der Waals surface area contributed by atoms with E-state index in [2.05, 4.69) is 5.32 Å². The molecule has 190 valence electrons. The summed E-state index contributed by atoms with van der Waals surface area (Å²) in [5.41, 5.74) is 2.87. The zero-order valence-electron chi connectivity index (χ0n) is 21.1. The van der Waals surface area contributed by atoms with Crippen molar-refractivity contribution in [1.82, 2.24) is 10.2 Å². The van der Waals surface area contributed by atoms with Crippen LogP contribution in [-0.4, -0.2) is 65.7 Å². The fourth-order valence-electron chi connectivity index (χ4n) is 5.22. The van der Waals surface area contributed by atoms with Gasteiger partial charge in [0.2, 0.25) is 5.91 Å². The lowest BCUT2D eigenvalue weighted by Gasteiger charge is -2.29. The van der Waals surface area contributed by atoms with E-state index in [9.17, 15) is 13.2 Å². The summed E-state index contributed by atoms with van der Waals surface area (Å²) >= 11 is 0. The number of nitrogens with zero attached hydrogens (tertiary/aromatic N) is 2. The van der Waals surface area contributed by atoms with E-state index in [1.165, 1.54) is 4.31 Å². The highest BCUT2D eigenvalue weighted by Crippen LogP contribution is 2.47. The summed E-state index contributed by atoms with van der Waals surface area (Å²) in [6.45, 7) is 8.59. The zero-order valence-corrected chi connectivity index (χ0v) is 21.9. The summed E-state index contributed by atoms with van der Waals surface area (Å²) in [6.07, 6.45) is 1.15. The Balaban J connectivity index is 1.74. The Labute approximate surface area is 208 Å². The third-order valence-electron chi connectivity index (χ3n) is 7.36. The number of carbonyl (C=O) groups excluding carboxylic acids is 1. The van der Waals surface area contributed by atoms with Crippen LogP contribution in [0.15, 0.2) is 35.2 Å². The Hall–Kier alpha value is -2.78. The summed E-state index contributed by atoms with van der Waals surface area (Å²) < 4.78 is 40.4. The lowest BCUT2D eigenvalue weighted by Crippen LogP contribution is -2.40. The van der Waals surface area contributed by atoms with E-state index in [1.54, 1.807) is 45.4 Å². The summed E-state index contributed by atoms with van der Waals surface area (Å²) in [5.74, 6) is 1.06. The fourth-order valence-corrected chi connectivity index (χ4v) is 7.22. The molecule has 0 bridgehead atoms. The van der Waals surface area contributed by atoms with Gasteiger partial charge in [0, 0.05) is 32.0 Å². The molecule has 1 N–H and O–H groups in total. The minimum absolute atomic E-state index is 0.0510. The van der Waals surface area contributed by atoms with Crippen molar-refractivity contribution < 1.29 is 22.7 Å². The number of ether oxygens (including phenoxy) is 2. The molecule has 35 heavy (non-hydrogen) atoms. The van der Waals surface area contributed by atoms with Gasteiger partial charge >= 0.3 is 0 Å². The van der Waals surface area contributed by atoms with Gasteiger partial charge in [-0.1, -0.05) is 0 Å². The largest absolute Gasteiger partial charge is 0.497 e. The van der Waals surface area contributed by atoms with Crippen LogP contribution in [0.1, 0.15) is 42.4 Å². The van der Waals surface area contributed by atoms with E-state index in [-0.39, 0.29) is 23.1 Å². The van der Waals surface area contributed by atoms with Gasteiger partial charge in [0.25, 0.3) is 10.0 Å². The second-order valence-corrected chi connectivity index (χ2v) is 11.1. The molecule has 9 heteroatoms. The molecule has 2 atom stereocenters. The van der Waals surface area contributed by atoms with E-state index in [0.717, 1.165) is 30.6 Å². The minimum Gasteiger partial charge on any atom is -0.497 e. The Morgan fingerprint density at radius 3 is 2.54 bits per heavy atom. The monoisotopic (exact) mass is 501 g/mol. The molecule has 0 unspecified atom stereocenters. The number of benzene rings is 2. The molecule has 2 heterocycles. The number of hydrogen-bond donors (Lipinski definition) is 1. The molecule has 1 saturated heterocycles. The van der Waals surface area contributed by atoms with Crippen LogP contribution in [0.25, 0.3) is 0 Å². The predicted molar refractivity (Wildman–Crippen MR) is 136 cm³/mol. The summed E-state index contributed by atoms with van der Waals surface area (Å²) in [4.78, 5) is 15.4. The number of methoxy groups -OCH3 is 2. The second-order valence-electron chi connectivity index (χ2n) is 9.28. The van der Waals surface area contributed by atoms with Crippen LogP contribution >= 0.6 is 0 Å². The van der Waals surface area contributed by atoms with Crippen molar-refractivity contribution in [1.29, 1.82) is 0 Å². The average Bonchev–Trinajstić information content (AvgIpc) is 3.00. The Bertz CT molecular complexity index is 1210. The number of amides is 1. The van der Waals surface area contributed by atoms with Crippen LogP contribution in [0.3, 0.4) is 0 Å². The smallest absolute Gasteiger partial charge is 0.264 e. The van der Waals surface area contributed by atoms with Crippen molar-refractivity contribution in [3.05, 3.63) is 47.0 Å². The SMILES string of the molecule is COc1ccc2c(c1)[C@@H](CC(=O)N1CCCNCC1)[C@H](C)N2S(=O)(=O)c1ccc(OC)c(C)c1C. The first-order valence-corrected chi connectivity index (χ1v) is 13.5. The highest BCUT2D eigenvalue weighted by molar-refractivity contribution is 7.93. The molecule has 8 nitrogen and oxygen atoms in total. The average molecular weight is 502 g/mol. The van der Waals surface area contributed by atoms with Crippen molar-refractivity contribution in [2.45, 2.75) is 50.5 Å². The molecule has 2 aliphatic rings. The number of hydrogen-bond acceptors (Lipinski definition) is 6. The standard InChI is InChI=1S/C26H35N3O5S/c1-17-18(2)25(10-9-24(17)34-5)35(31,32)29-19(3)21(22-15-20(33-4)7-8-23(22)29)16-26(30)28-13-6-11-27-12-14-28/h7-10,15,19,21,27H,6,11-14,16H2,1-5H3/t19-,21-/m0/s1. The van der Waals surface area contributed by atoms with E-state index >= 15 is 0 Å². The van der Waals surface area contributed by atoms with Gasteiger partial charge in [-0.15, -0.1) is 0 Å². The van der Waals surface area contributed by atoms with E-state index in [4.69, 9.17) is 9.47 Å². The number of nitrogens with one attached hydrogen (secondary N) is 1. The van der Waals surface area contributed by atoms with Crippen LogP contribution in [0.2, 0.25) is 0 Å². The van der Waals surface area contributed by atoms with Gasteiger partial charge in [-0.25, -0.2) is 8.42 Å². The van der Waals surface area contributed by atoms with Crippen molar-refractivity contribution in [3.63, 3.8) is 0 Å². The van der Waals surface area contributed by atoms with E-state index < -0.39 is 16.1 Å². The van der Waals surface area contributed by atoms with Crippen LogP contribution in [-0.2, 0) is 14.8 Å². The third kappa shape index (κ3) is 4.59. The van der Waals surface area contributed by atoms with Gasteiger partial charge in [-0.05, 0) is 80.8 Å². The minimum atomic E-state index is -3.90. The first kappa shape index (κ1) is 25.3. The highest BCUT2D eigenvalue weighted by Gasteiger charge is 2.44. The zero-order chi connectivity index (χ0) is 25.3. The first-order chi connectivity index (χ1) is 16.7. The number of carbonyl (C=O) groups is 1. The topological polar surface area (TPSA) is 88.2 Å². The number of sulfonamides is 1. The summed E-state index contributed by atoms with van der Waals surface area (Å²) in [6, 6.07) is 8.29. The maximum atomic E-state index is 14.1. The molecule has 0 saturated carbocycles. The van der Waals surface area contributed by atoms with Gasteiger partial charge in [-0.3, -0.25) is 9.10 Å². The molecule has 0 aromatic heterocycles. The second kappa shape index (κ2) is 10.1. The highest BCUT2D eigenvalue weighted by atomic mass is 32.2. The molecule has 1 amide bonds. The normalized spacial score (nSPS) is 20.4. The summed E-state index contributed by atoms with van der Waals surface area (Å²) in [5, 5.41) is 3.32. The molecular weight excluding hydrogens is 466 g/mol. The fraction of sp³-hybridized carbons (Fsp3) is 0.500. The number of rotatable bonds is 6. The molecule has 2 aromatic rings. The van der Waals surface area contributed by atoms with E-state index in [1.807, 2.05) is 24.8 Å².